The van der Waals surface area contributed by atoms with Gasteiger partial charge in [0.1, 0.15) is 23.8 Å². The number of nitriles is 3. The molecule has 0 saturated carbocycles. The molecule has 0 aromatic heterocycles. The van der Waals surface area contributed by atoms with Crippen LogP contribution in [-0.4, -0.2) is 24.2 Å². The van der Waals surface area contributed by atoms with Gasteiger partial charge >= 0.3 is 0 Å². The van der Waals surface area contributed by atoms with Gasteiger partial charge in [0.2, 0.25) is 0 Å². The van der Waals surface area contributed by atoms with Gasteiger partial charge < -0.3 is 15.3 Å². The molecule has 0 unspecified atom stereocenters. The highest BCUT2D eigenvalue weighted by Crippen LogP contribution is 2.13. The lowest BCUT2D eigenvalue weighted by atomic mass is 10.1. The fraction of sp³-hybridized carbons (Fsp3) is 0.300. The normalized spacial score (nSPS) is 7.62. The lowest BCUT2D eigenvalue weighted by molar-refractivity contribution is 0.182. The van der Waals surface area contributed by atoms with Gasteiger partial charge in [0.05, 0.1) is 6.61 Å². The lowest BCUT2D eigenvalue weighted by Crippen LogP contribution is -2.02. The zero-order valence-electron chi connectivity index (χ0n) is 8.27. The van der Waals surface area contributed by atoms with E-state index < -0.39 is 11.1 Å². The first-order chi connectivity index (χ1) is 7.74. The maximum absolute atomic E-state index is 8.60. The average Bonchev–Trinajstić information content (AvgIpc) is 2.31. The van der Waals surface area contributed by atoms with Crippen LogP contribution in [0.15, 0.2) is 16.9 Å². The standard InChI is InChI=1S/C10H7N4O2/c11-4-8(5-12)10(9(6-13)7-14)16-3-1-2-15/h15H,1-3H2/q-1. The van der Waals surface area contributed by atoms with Crippen LogP contribution in [0.3, 0.4) is 0 Å². The quantitative estimate of drug-likeness (QED) is 0.233. The van der Waals surface area contributed by atoms with E-state index in [1.54, 1.807) is 0 Å². The minimum absolute atomic E-state index is 0.0194. The predicted octanol–water partition coefficient (Wildman–Crippen LogP) is 0.376. The molecule has 0 amide bonds. The third-order valence-corrected chi connectivity index (χ3v) is 1.45. The van der Waals surface area contributed by atoms with Crippen molar-refractivity contribution in [2.24, 2.45) is 0 Å². The Morgan fingerprint density at radius 2 is 1.81 bits per heavy atom. The Kier molecular flexibility index (Phi) is 6.53. The van der Waals surface area contributed by atoms with Crippen LogP contribution in [0.4, 0.5) is 0 Å². The number of rotatable bonds is 5. The van der Waals surface area contributed by atoms with Gasteiger partial charge in [-0.1, -0.05) is 0 Å². The molecule has 0 heterocycles. The van der Waals surface area contributed by atoms with Gasteiger partial charge in [0.15, 0.2) is 11.3 Å². The van der Waals surface area contributed by atoms with Crippen molar-refractivity contribution in [1.82, 2.24) is 0 Å². The number of ether oxygens (including phenoxy) is 1. The summed E-state index contributed by atoms with van der Waals surface area (Å²) in [6.45, 7) is -0.109. The van der Waals surface area contributed by atoms with Crippen LogP contribution in [0.2, 0.25) is 0 Å². The molecule has 0 aliphatic rings. The molecule has 0 aliphatic heterocycles. The third-order valence-electron chi connectivity index (χ3n) is 1.45. The van der Waals surface area contributed by atoms with Gasteiger partial charge in [-0.15, -0.1) is 0 Å². The molecule has 0 aromatic rings. The summed E-state index contributed by atoms with van der Waals surface area (Å²) >= 11 is 0. The Balaban J connectivity index is 5.19. The second kappa shape index (κ2) is 7.79. The largest absolute Gasteiger partial charge is 0.762 e. The molecule has 6 nitrogen and oxygen atoms in total. The third kappa shape index (κ3) is 3.65. The number of allylic oxidation sites excluding steroid dienone is 2. The molecule has 1 N–H and O–H groups in total. The molecule has 16 heavy (non-hydrogen) atoms. The van der Waals surface area contributed by atoms with Crippen LogP contribution in [0, 0.1) is 34.0 Å². The first-order valence-corrected chi connectivity index (χ1v) is 4.20. The van der Waals surface area contributed by atoms with Crippen molar-refractivity contribution in [2.75, 3.05) is 13.2 Å². The van der Waals surface area contributed by atoms with Crippen LogP contribution in [0.1, 0.15) is 6.42 Å². The van der Waals surface area contributed by atoms with Crippen molar-refractivity contribution in [3.63, 3.8) is 0 Å². The number of aliphatic hydroxyl groups is 1. The van der Waals surface area contributed by atoms with Gasteiger partial charge in [-0.2, -0.15) is 15.8 Å². The maximum Gasteiger partial charge on any atom is 0.173 e. The Hall–Kier alpha value is -2.58. The Morgan fingerprint density at radius 3 is 2.19 bits per heavy atom. The van der Waals surface area contributed by atoms with Gasteiger partial charge in [-0.3, -0.25) is 0 Å². The van der Waals surface area contributed by atoms with Crippen molar-refractivity contribution in [3.8, 4) is 18.2 Å². The SMILES string of the molecule is N#CC(=C=[N-])C(OCCCO)=C(C#N)C#N. The zero-order valence-corrected chi connectivity index (χ0v) is 8.27. The van der Waals surface area contributed by atoms with Crippen molar-refractivity contribution in [1.29, 1.82) is 15.8 Å². The molecule has 0 aliphatic carbocycles. The minimum Gasteiger partial charge on any atom is -0.762 e. The van der Waals surface area contributed by atoms with E-state index in [2.05, 4.69) is 0 Å². The first-order valence-electron chi connectivity index (χ1n) is 4.20. The number of nitrogens with zero attached hydrogens (tertiary/aromatic N) is 4. The number of hydrogen-bond acceptors (Lipinski definition) is 5. The van der Waals surface area contributed by atoms with Crippen molar-refractivity contribution in [2.45, 2.75) is 6.42 Å². The van der Waals surface area contributed by atoms with E-state index in [1.165, 1.54) is 24.1 Å². The molecule has 80 valence electrons. The number of hydrogen-bond donors (Lipinski definition) is 1. The summed E-state index contributed by atoms with van der Waals surface area (Å²) in [5.41, 5.74) is -0.868. The Morgan fingerprint density at radius 1 is 1.19 bits per heavy atom. The molecular formula is C10H7N4O2-. The van der Waals surface area contributed by atoms with Gasteiger partial charge in [0.25, 0.3) is 0 Å². The molecule has 0 fully saturated rings. The molecular weight excluding hydrogens is 208 g/mol. The van der Waals surface area contributed by atoms with E-state index in [1.807, 2.05) is 0 Å². The molecule has 0 spiro atoms. The van der Waals surface area contributed by atoms with Crippen LogP contribution >= 0.6 is 0 Å². The Labute approximate surface area is 92.4 Å². The summed E-state index contributed by atoms with van der Waals surface area (Å²) in [7, 11) is 0. The van der Waals surface area contributed by atoms with Crippen LogP contribution in [-0.2, 0) is 4.74 Å². The van der Waals surface area contributed by atoms with Crippen LogP contribution in [0.25, 0.3) is 5.41 Å². The van der Waals surface area contributed by atoms with Crippen molar-refractivity contribution < 1.29 is 9.84 Å². The minimum atomic E-state index is -0.434. The van der Waals surface area contributed by atoms with E-state index >= 15 is 0 Å². The maximum atomic E-state index is 8.60. The van der Waals surface area contributed by atoms with E-state index in [-0.39, 0.29) is 25.4 Å². The van der Waals surface area contributed by atoms with Crippen molar-refractivity contribution in [3.05, 3.63) is 22.3 Å². The highest BCUT2D eigenvalue weighted by atomic mass is 16.5. The summed E-state index contributed by atoms with van der Waals surface area (Å²) in [5.74, 6) is 1.21. The summed E-state index contributed by atoms with van der Waals surface area (Å²) in [6, 6.07) is 4.61. The summed E-state index contributed by atoms with van der Waals surface area (Å²) in [5, 5.41) is 42.9. The topological polar surface area (TPSA) is 123 Å². The average molecular weight is 215 g/mol. The molecule has 0 radical (unpaired) electrons. The second-order valence-corrected chi connectivity index (χ2v) is 2.45. The fourth-order valence-corrected chi connectivity index (χ4v) is 0.761. The van der Waals surface area contributed by atoms with Crippen LogP contribution in [0.5, 0.6) is 0 Å². The van der Waals surface area contributed by atoms with E-state index in [9.17, 15) is 0 Å². The Bertz CT molecular complexity index is 437. The summed E-state index contributed by atoms with van der Waals surface area (Å²) in [4.78, 5) is 0. The summed E-state index contributed by atoms with van der Waals surface area (Å²) < 4.78 is 4.96. The van der Waals surface area contributed by atoms with Gasteiger partial charge in [-0.25, -0.2) is 5.87 Å². The monoisotopic (exact) mass is 215 g/mol. The van der Waals surface area contributed by atoms with E-state index in [0.29, 0.717) is 0 Å². The molecule has 0 saturated heterocycles. The lowest BCUT2D eigenvalue weighted by Gasteiger charge is -2.07. The highest BCUT2D eigenvalue weighted by Gasteiger charge is 2.12. The van der Waals surface area contributed by atoms with E-state index in [0.717, 1.165) is 0 Å². The smallest absolute Gasteiger partial charge is 0.173 e. The van der Waals surface area contributed by atoms with E-state index in [4.69, 9.17) is 31.0 Å². The highest BCUT2D eigenvalue weighted by molar-refractivity contribution is 5.73. The number of aliphatic hydroxyl groups excluding tert-OH is 1. The molecule has 0 aromatic carbocycles. The summed E-state index contributed by atoms with van der Waals surface area (Å²) in [6.07, 6.45) is 0.276. The first kappa shape index (κ1) is 13.4. The van der Waals surface area contributed by atoms with Crippen LogP contribution < -0.4 is 0 Å². The zero-order chi connectivity index (χ0) is 12.4. The molecule has 0 atom stereocenters. The van der Waals surface area contributed by atoms with Gasteiger partial charge in [-0.05, 0) is 0 Å². The fourth-order valence-electron chi connectivity index (χ4n) is 0.761. The predicted molar refractivity (Wildman–Crippen MR) is 53.4 cm³/mol. The van der Waals surface area contributed by atoms with Crippen molar-refractivity contribution >= 4 is 5.87 Å². The molecule has 0 bridgehead atoms. The van der Waals surface area contributed by atoms with Gasteiger partial charge in [0, 0.05) is 13.0 Å². The molecule has 0 rings (SSSR count). The second-order valence-electron chi connectivity index (χ2n) is 2.45. The molecule has 6 heteroatoms.